The molecular formula is C32H56N2O7. The Hall–Kier alpha value is -2.68. The van der Waals surface area contributed by atoms with E-state index in [9.17, 15) is 19.2 Å². The molecule has 0 aliphatic rings. The van der Waals surface area contributed by atoms with E-state index in [1.54, 1.807) is 0 Å². The second kappa shape index (κ2) is 27.5. The standard InChI is InChI=1S/C32H56N2O7/c1-27(35)33-29(21-17-13-9-5-7-11-15-19-23-31(37)39-3)25-41-26-30(34-28(2)36)22-18-14-10-6-8-12-16-20-24-32(38)40-4/h17-18,21-22,29-30H,5-16,19-20,23-26H2,1-4H3,(H,33,35)(H,34,36). The summed E-state index contributed by atoms with van der Waals surface area (Å²) in [6.45, 7) is 3.64. The van der Waals surface area contributed by atoms with Crippen molar-refractivity contribution in [2.45, 2.75) is 129 Å². The zero-order valence-electron chi connectivity index (χ0n) is 26.0. The van der Waals surface area contributed by atoms with Crippen LogP contribution in [-0.4, -0.2) is 63.3 Å². The normalized spacial score (nSPS) is 12.8. The van der Waals surface area contributed by atoms with Gasteiger partial charge in [-0.2, -0.15) is 0 Å². The maximum absolute atomic E-state index is 11.6. The maximum atomic E-state index is 11.6. The molecule has 41 heavy (non-hydrogen) atoms. The molecule has 2 atom stereocenters. The van der Waals surface area contributed by atoms with Crippen LogP contribution in [-0.2, 0) is 33.4 Å². The number of rotatable bonds is 26. The van der Waals surface area contributed by atoms with E-state index in [2.05, 4.69) is 32.3 Å². The van der Waals surface area contributed by atoms with Gasteiger partial charge in [0.1, 0.15) is 0 Å². The Morgan fingerprint density at radius 2 is 0.902 bits per heavy atom. The molecule has 9 nitrogen and oxygen atoms in total. The van der Waals surface area contributed by atoms with Crippen molar-refractivity contribution in [3.8, 4) is 0 Å². The van der Waals surface area contributed by atoms with E-state index >= 15 is 0 Å². The number of esters is 2. The topological polar surface area (TPSA) is 120 Å². The molecule has 0 spiro atoms. The summed E-state index contributed by atoms with van der Waals surface area (Å²) in [6.07, 6.45) is 23.8. The summed E-state index contributed by atoms with van der Waals surface area (Å²) >= 11 is 0. The number of amides is 2. The van der Waals surface area contributed by atoms with Gasteiger partial charge in [-0.25, -0.2) is 0 Å². The molecule has 0 saturated carbocycles. The Morgan fingerprint density at radius 1 is 0.561 bits per heavy atom. The Morgan fingerprint density at radius 3 is 1.24 bits per heavy atom. The van der Waals surface area contributed by atoms with Gasteiger partial charge in [0.25, 0.3) is 0 Å². The number of unbranched alkanes of at least 4 members (excludes halogenated alkanes) is 12. The number of hydrogen-bond donors (Lipinski definition) is 2. The summed E-state index contributed by atoms with van der Waals surface area (Å²) in [5, 5.41) is 5.82. The van der Waals surface area contributed by atoms with Crippen LogP contribution in [0.3, 0.4) is 0 Å². The summed E-state index contributed by atoms with van der Waals surface area (Å²) in [6, 6.07) is -0.444. The van der Waals surface area contributed by atoms with E-state index in [1.807, 2.05) is 12.2 Å². The van der Waals surface area contributed by atoms with Gasteiger partial charge in [0.05, 0.1) is 39.5 Å². The number of carbonyl (C=O) groups is 4. The lowest BCUT2D eigenvalue weighted by Gasteiger charge is -2.18. The third-order valence-corrected chi connectivity index (χ3v) is 6.57. The van der Waals surface area contributed by atoms with Crippen molar-refractivity contribution in [3.63, 3.8) is 0 Å². The van der Waals surface area contributed by atoms with Crippen molar-refractivity contribution in [3.05, 3.63) is 24.3 Å². The molecule has 9 heteroatoms. The Balaban J connectivity index is 4.23. The van der Waals surface area contributed by atoms with Crippen molar-refractivity contribution in [1.29, 1.82) is 0 Å². The van der Waals surface area contributed by atoms with Crippen molar-refractivity contribution in [2.24, 2.45) is 0 Å². The molecular weight excluding hydrogens is 524 g/mol. The molecule has 0 aliphatic heterocycles. The monoisotopic (exact) mass is 580 g/mol. The van der Waals surface area contributed by atoms with Gasteiger partial charge in [0, 0.05) is 26.7 Å². The van der Waals surface area contributed by atoms with Crippen LogP contribution in [0.5, 0.6) is 0 Å². The summed E-state index contributed by atoms with van der Waals surface area (Å²) in [4.78, 5) is 45.5. The molecule has 0 aromatic rings. The molecule has 0 bridgehead atoms. The summed E-state index contributed by atoms with van der Waals surface area (Å²) < 4.78 is 15.2. The minimum Gasteiger partial charge on any atom is -0.469 e. The number of methoxy groups -OCH3 is 2. The number of carbonyl (C=O) groups excluding carboxylic acids is 4. The zero-order chi connectivity index (χ0) is 30.6. The minimum atomic E-state index is -0.222. The molecule has 0 rings (SSSR count). The molecule has 0 aromatic heterocycles. The first-order valence-corrected chi connectivity index (χ1v) is 15.4. The fourth-order valence-electron chi connectivity index (χ4n) is 4.34. The SMILES string of the molecule is COC(=O)CCCCCCCCC=CC(COCC(C=CCCCCCCCCC(=O)OC)NC(C)=O)NC(C)=O. The molecule has 2 unspecified atom stereocenters. The highest BCUT2D eigenvalue weighted by Gasteiger charge is 2.10. The molecule has 0 radical (unpaired) electrons. The zero-order valence-corrected chi connectivity index (χ0v) is 26.0. The highest BCUT2D eigenvalue weighted by atomic mass is 16.5. The number of hydrogen-bond acceptors (Lipinski definition) is 7. The first-order chi connectivity index (χ1) is 19.8. The average Bonchev–Trinajstić information content (AvgIpc) is 2.93. The van der Waals surface area contributed by atoms with Crippen LogP contribution in [0.4, 0.5) is 0 Å². The smallest absolute Gasteiger partial charge is 0.305 e. The lowest BCUT2D eigenvalue weighted by molar-refractivity contribution is -0.141. The van der Waals surface area contributed by atoms with Crippen LogP contribution < -0.4 is 10.6 Å². The van der Waals surface area contributed by atoms with E-state index in [0.717, 1.165) is 89.9 Å². The second-order valence-electron chi connectivity index (χ2n) is 10.5. The van der Waals surface area contributed by atoms with Crippen LogP contribution in [0.25, 0.3) is 0 Å². The third-order valence-electron chi connectivity index (χ3n) is 6.57. The maximum Gasteiger partial charge on any atom is 0.305 e. The summed E-state index contributed by atoms with van der Waals surface area (Å²) in [5.41, 5.74) is 0. The van der Waals surface area contributed by atoms with Crippen LogP contribution >= 0.6 is 0 Å². The van der Waals surface area contributed by atoms with Gasteiger partial charge < -0.3 is 24.8 Å². The predicted octanol–water partition coefficient (Wildman–Crippen LogP) is 5.71. The summed E-state index contributed by atoms with van der Waals surface area (Å²) in [7, 11) is 2.84. The van der Waals surface area contributed by atoms with Gasteiger partial charge in [0.15, 0.2) is 0 Å². The molecule has 2 N–H and O–H groups in total. The second-order valence-corrected chi connectivity index (χ2v) is 10.5. The highest BCUT2D eigenvalue weighted by molar-refractivity contribution is 5.74. The van der Waals surface area contributed by atoms with E-state index in [0.29, 0.717) is 26.1 Å². The lowest BCUT2D eigenvalue weighted by Crippen LogP contribution is -2.39. The first kappa shape index (κ1) is 38.3. The van der Waals surface area contributed by atoms with Gasteiger partial charge in [-0.05, 0) is 38.5 Å². The first-order valence-electron chi connectivity index (χ1n) is 15.4. The molecule has 0 heterocycles. The Kier molecular flexibility index (Phi) is 25.7. The van der Waals surface area contributed by atoms with E-state index in [4.69, 9.17) is 4.74 Å². The average molecular weight is 581 g/mol. The number of nitrogens with one attached hydrogen (secondary N) is 2. The van der Waals surface area contributed by atoms with Gasteiger partial charge >= 0.3 is 11.9 Å². The molecule has 0 fully saturated rings. The summed E-state index contributed by atoms with van der Waals surface area (Å²) in [5.74, 6) is -0.508. The molecule has 236 valence electrons. The van der Waals surface area contributed by atoms with Crippen LogP contribution in [0.1, 0.15) is 117 Å². The van der Waals surface area contributed by atoms with Crippen molar-refractivity contribution in [1.82, 2.24) is 10.6 Å². The molecule has 2 amide bonds. The van der Waals surface area contributed by atoms with Gasteiger partial charge in [0.2, 0.25) is 11.8 Å². The van der Waals surface area contributed by atoms with Gasteiger partial charge in [-0.3, -0.25) is 19.2 Å². The molecule has 0 aliphatic carbocycles. The minimum absolute atomic E-state index is 0.114. The van der Waals surface area contributed by atoms with Crippen LogP contribution in [0.15, 0.2) is 24.3 Å². The molecule has 0 saturated heterocycles. The van der Waals surface area contributed by atoms with Crippen molar-refractivity contribution >= 4 is 23.8 Å². The van der Waals surface area contributed by atoms with Crippen molar-refractivity contribution in [2.75, 3.05) is 27.4 Å². The number of ether oxygens (including phenoxy) is 3. The fraction of sp³-hybridized carbons (Fsp3) is 0.750. The lowest BCUT2D eigenvalue weighted by atomic mass is 10.1. The quantitative estimate of drug-likeness (QED) is 0.0764. The van der Waals surface area contributed by atoms with E-state index in [1.165, 1.54) is 28.1 Å². The Labute approximate surface area is 248 Å². The van der Waals surface area contributed by atoms with Gasteiger partial charge in [-0.15, -0.1) is 0 Å². The van der Waals surface area contributed by atoms with Gasteiger partial charge in [-0.1, -0.05) is 75.7 Å². The predicted molar refractivity (Wildman–Crippen MR) is 162 cm³/mol. The largest absolute Gasteiger partial charge is 0.469 e. The molecule has 0 aromatic carbocycles. The van der Waals surface area contributed by atoms with E-state index < -0.39 is 0 Å². The Bertz CT molecular complexity index is 705. The fourth-order valence-corrected chi connectivity index (χ4v) is 4.34. The van der Waals surface area contributed by atoms with Crippen LogP contribution in [0, 0.1) is 0 Å². The van der Waals surface area contributed by atoms with E-state index in [-0.39, 0.29) is 35.8 Å². The van der Waals surface area contributed by atoms with Crippen LogP contribution in [0.2, 0.25) is 0 Å². The third kappa shape index (κ3) is 27.3. The van der Waals surface area contributed by atoms with Crippen molar-refractivity contribution < 1.29 is 33.4 Å². The highest BCUT2D eigenvalue weighted by Crippen LogP contribution is 2.11. The number of allylic oxidation sites excluding steroid dienone is 2.